The smallest absolute Gasteiger partial charge is 0.254 e. The zero-order valence-corrected chi connectivity index (χ0v) is 9.84. The summed E-state index contributed by atoms with van der Waals surface area (Å²) in [6, 6.07) is 1.40. The number of nitrogens with zero attached hydrogens (tertiary/aromatic N) is 1. The highest BCUT2D eigenvalue weighted by Crippen LogP contribution is 2.24. The molecule has 0 radical (unpaired) electrons. The highest BCUT2D eigenvalue weighted by atomic mass is 19.2. The number of nitrogens with two attached hydrogens (primary N) is 1. The molecule has 0 bridgehead atoms. The van der Waals surface area contributed by atoms with Crippen LogP contribution in [0.2, 0.25) is 0 Å². The Hall–Kier alpha value is -1.56. The van der Waals surface area contributed by atoms with Gasteiger partial charge >= 0.3 is 0 Å². The molecule has 18 heavy (non-hydrogen) atoms. The van der Waals surface area contributed by atoms with E-state index in [2.05, 4.69) is 0 Å². The van der Waals surface area contributed by atoms with Crippen molar-refractivity contribution in [2.75, 3.05) is 13.1 Å². The number of carbonyl (C=O) groups excluding carboxylic acids is 1. The molecule has 3 nitrogen and oxygen atoms in total. The van der Waals surface area contributed by atoms with Gasteiger partial charge in [0.2, 0.25) is 0 Å². The van der Waals surface area contributed by atoms with Crippen LogP contribution in [0.15, 0.2) is 12.1 Å². The van der Waals surface area contributed by atoms with Gasteiger partial charge in [-0.25, -0.2) is 13.2 Å². The summed E-state index contributed by atoms with van der Waals surface area (Å²) in [5.41, 5.74) is 5.26. The first kappa shape index (κ1) is 12.9. The third-order valence-electron chi connectivity index (χ3n) is 3.23. The molecule has 0 unspecified atom stereocenters. The van der Waals surface area contributed by atoms with E-state index in [1.165, 1.54) is 4.90 Å². The van der Waals surface area contributed by atoms with Crippen molar-refractivity contribution in [2.45, 2.75) is 18.9 Å². The molecule has 0 spiro atoms. The minimum Gasteiger partial charge on any atom is -0.335 e. The largest absolute Gasteiger partial charge is 0.335 e. The molecular formula is C12H13F3N2O. The molecule has 2 N–H and O–H groups in total. The van der Waals surface area contributed by atoms with E-state index in [1.807, 2.05) is 6.92 Å². The second-order valence-corrected chi connectivity index (χ2v) is 4.63. The highest BCUT2D eigenvalue weighted by molar-refractivity contribution is 5.95. The maximum Gasteiger partial charge on any atom is 0.254 e. The lowest BCUT2D eigenvalue weighted by molar-refractivity contribution is 0.0400. The summed E-state index contributed by atoms with van der Waals surface area (Å²) in [5, 5.41) is 0. The molecule has 1 saturated heterocycles. The van der Waals surface area contributed by atoms with E-state index < -0.39 is 28.9 Å². The number of rotatable bonds is 2. The van der Waals surface area contributed by atoms with Gasteiger partial charge in [-0.2, -0.15) is 0 Å². The average molecular weight is 258 g/mol. The number of likely N-dealkylation sites (tertiary alicyclic amines) is 1. The predicted molar refractivity (Wildman–Crippen MR) is 59.4 cm³/mol. The lowest BCUT2D eigenvalue weighted by Gasteiger charge is -2.47. The highest BCUT2D eigenvalue weighted by Gasteiger charge is 2.40. The van der Waals surface area contributed by atoms with Crippen LogP contribution in [-0.4, -0.2) is 29.4 Å². The molecule has 0 aliphatic carbocycles. The normalized spacial score (nSPS) is 17.5. The quantitative estimate of drug-likeness (QED) is 0.820. The lowest BCUT2D eigenvalue weighted by atomic mass is 9.88. The van der Waals surface area contributed by atoms with Crippen molar-refractivity contribution >= 4 is 5.91 Å². The van der Waals surface area contributed by atoms with Gasteiger partial charge < -0.3 is 10.6 Å². The molecule has 6 heteroatoms. The molecule has 0 saturated carbocycles. The Labute approximate surface area is 102 Å². The fourth-order valence-corrected chi connectivity index (χ4v) is 1.94. The van der Waals surface area contributed by atoms with E-state index in [1.54, 1.807) is 0 Å². The van der Waals surface area contributed by atoms with E-state index in [0.717, 1.165) is 0 Å². The summed E-state index contributed by atoms with van der Waals surface area (Å²) in [7, 11) is 0. The van der Waals surface area contributed by atoms with Crippen LogP contribution in [0, 0.1) is 17.5 Å². The Morgan fingerprint density at radius 2 is 1.83 bits per heavy atom. The van der Waals surface area contributed by atoms with Crippen LogP contribution in [0.25, 0.3) is 0 Å². The number of amides is 1. The Morgan fingerprint density at radius 3 is 2.28 bits per heavy atom. The number of carbonyl (C=O) groups is 1. The molecular weight excluding hydrogens is 245 g/mol. The molecule has 1 aromatic rings. The van der Waals surface area contributed by atoms with Gasteiger partial charge in [-0.15, -0.1) is 0 Å². The Morgan fingerprint density at radius 1 is 1.33 bits per heavy atom. The van der Waals surface area contributed by atoms with Crippen LogP contribution in [0.4, 0.5) is 13.2 Å². The van der Waals surface area contributed by atoms with Crippen molar-refractivity contribution in [3.8, 4) is 0 Å². The summed E-state index contributed by atoms with van der Waals surface area (Å²) < 4.78 is 38.7. The summed E-state index contributed by atoms with van der Waals surface area (Å²) >= 11 is 0. The first-order valence-electron chi connectivity index (χ1n) is 5.59. The number of halogens is 3. The van der Waals surface area contributed by atoms with Crippen LogP contribution >= 0.6 is 0 Å². The molecule has 98 valence electrons. The van der Waals surface area contributed by atoms with Crippen LogP contribution in [0.3, 0.4) is 0 Å². The standard InChI is InChI=1S/C12H13F3N2O/c1-2-12(16)5-17(6-12)11(18)7-3-8(13)10(15)9(14)4-7/h3-4H,2,5-6,16H2,1H3. The third kappa shape index (κ3) is 2.08. The fraction of sp³-hybridized carbons (Fsp3) is 0.417. The molecule has 2 rings (SSSR count). The lowest BCUT2D eigenvalue weighted by Crippen LogP contribution is -2.68. The summed E-state index contributed by atoms with van der Waals surface area (Å²) in [6.07, 6.45) is 0.711. The molecule has 0 aromatic heterocycles. The molecule has 0 atom stereocenters. The van der Waals surface area contributed by atoms with E-state index in [9.17, 15) is 18.0 Å². The second kappa shape index (κ2) is 4.28. The van der Waals surface area contributed by atoms with Gasteiger partial charge in [0.25, 0.3) is 5.91 Å². The summed E-state index contributed by atoms with van der Waals surface area (Å²) in [6.45, 7) is 2.57. The molecule has 1 heterocycles. The first-order chi connectivity index (χ1) is 8.36. The van der Waals surface area contributed by atoms with Crippen LogP contribution in [-0.2, 0) is 0 Å². The van der Waals surface area contributed by atoms with Crippen molar-refractivity contribution in [3.63, 3.8) is 0 Å². The average Bonchev–Trinajstić information content (AvgIpc) is 2.30. The van der Waals surface area contributed by atoms with Gasteiger partial charge in [-0.05, 0) is 18.6 Å². The van der Waals surface area contributed by atoms with Crippen LogP contribution in [0.5, 0.6) is 0 Å². The van der Waals surface area contributed by atoms with Gasteiger partial charge in [0, 0.05) is 18.7 Å². The second-order valence-electron chi connectivity index (χ2n) is 4.63. The Bertz CT molecular complexity index is 475. The van der Waals surface area contributed by atoms with Crippen LogP contribution in [0.1, 0.15) is 23.7 Å². The topological polar surface area (TPSA) is 46.3 Å². The van der Waals surface area contributed by atoms with Gasteiger partial charge in [0.1, 0.15) is 0 Å². The monoisotopic (exact) mass is 258 g/mol. The minimum absolute atomic E-state index is 0.204. The minimum atomic E-state index is -1.57. The van der Waals surface area contributed by atoms with Gasteiger partial charge in [0.05, 0.1) is 5.54 Å². The third-order valence-corrected chi connectivity index (χ3v) is 3.23. The zero-order valence-electron chi connectivity index (χ0n) is 9.84. The first-order valence-corrected chi connectivity index (χ1v) is 5.59. The molecule has 1 amide bonds. The molecule has 1 aromatic carbocycles. The van der Waals surface area contributed by atoms with E-state index >= 15 is 0 Å². The van der Waals surface area contributed by atoms with E-state index in [4.69, 9.17) is 5.73 Å². The SMILES string of the molecule is CCC1(N)CN(C(=O)c2cc(F)c(F)c(F)c2)C1. The Balaban J connectivity index is 2.16. The summed E-state index contributed by atoms with van der Waals surface area (Å²) in [5.74, 6) is -4.85. The number of benzene rings is 1. The van der Waals surface area contributed by atoms with Crippen molar-refractivity contribution in [1.82, 2.24) is 4.90 Å². The van der Waals surface area contributed by atoms with Gasteiger partial charge in [-0.3, -0.25) is 4.79 Å². The number of hydrogen-bond donors (Lipinski definition) is 1. The molecule has 1 aliphatic heterocycles. The van der Waals surface area contributed by atoms with E-state index in [-0.39, 0.29) is 5.56 Å². The molecule has 1 aliphatic rings. The zero-order chi connectivity index (χ0) is 13.5. The summed E-state index contributed by atoms with van der Waals surface area (Å²) in [4.78, 5) is 13.2. The van der Waals surface area contributed by atoms with Crippen molar-refractivity contribution < 1.29 is 18.0 Å². The van der Waals surface area contributed by atoms with Gasteiger partial charge in [0.15, 0.2) is 17.5 Å². The fourth-order valence-electron chi connectivity index (χ4n) is 1.94. The number of hydrogen-bond acceptors (Lipinski definition) is 2. The Kier molecular flexibility index (Phi) is 3.06. The van der Waals surface area contributed by atoms with Crippen molar-refractivity contribution in [1.29, 1.82) is 0 Å². The maximum absolute atomic E-state index is 13.0. The molecule has 1 fully saturated rings. The predicted octanol–water partition coefficient (Wildman–Crippen LogP) is 1.67. The van der Waals surface area contributed by atoms with Crippen molar-refractivity contribution in [3.05, 3.63) is 35.1 Å². The van der Waals surface area contributed by atoms with Crippen LogP contribution < -0.4 is 5.73 Å². The van der Waals surface area contributed by atoms with Gasteiger partial charge in [-0.1, -0.05) is 6.92 Å². The van der Waals surface area contributed by atoms with E-state index in [0.29, 0.717) is 31.6 Å². The van der Waals surface area contributed by atoms with Crippen molar-refractivity contribution in [2.24, 2.45) is 5.73 Å². The maximum atomic E-state index is 13.0.